The fourth-order valence-corrected chi connectivity index (χ4v) is 3.66. The van der Waals surface area contributed by atoms with Crippen LogP contribution in [0.1, 0.15) is 43.5 Å². The molecule has 8 nitrogen and oxygen atoms in total. The minimum Gasteiger partial charge on any atom is -0.494 e. The van der Waals surface area contributed by atoms with E-state index in [1.54, 1.807) is 43.3 Å². The lowest BCUT2D eigenvalue weighted by Crippen LogP contribution is -2.12. The average molecular weight is 444 g/mol. The molecular weight excluding hydrogens is 418 g/mol. The molecular formula is C22H25N3O5S. The Morgan fingerprint density at radius 3 is 2.35 bits per heavy atom. The monoisotopic (exact) mass is 443 g/mol. The Kier molecular flexibility index (Phi) is 7.41. The SMILES string of the molecule is CCCCCOc1ccc(C(=O)Nc2nnc(-c3ccc(S(=O)(=O)CC)cc3)o2)cc1. The maximum absolute atomic E-state index is 12.4. The highest BCUT2D eigenvalue weighted by atomic mass is 32.2. The zero-order valence-electron chi connectivity index (χ0n) is 17.5. The molecule has 0 saturated heterocycles. The largest absolute Gasteiger partial charge is 0.494 e. The quantitative estimate of drug-likeness (QED) is 0.464. The fraction of sp³-hybridized carbons (Fsp3) is 0.318. The Labute approximate surface area is 181 Å². The molecule has 0 aliphatic carbocycles. The highest BCUT2D eigenvalue weighted by molar-refractivity contribution is 7.91. The number of nitrogens with zero attached hydrogens (tertiary/aromatic N) is 2. The van der Waals surface area contributed by atoms with Gasteiger partial charge in [-0.25, -0.2) is 8.42 Å². The second-order valence-electron chi connectivity index (χ2n) is 6.87. The molecule has 2 aromatic carbocycles. The van der Waals surface area contributed by atoms with Crippen molar-refractivity contribution in [1.29, 1.82) is 0 Å². The number of carbonyl (C=O) groups excluding carboxylic acids is 1. The number of aromatic nitrogens is 2. The lowest BCUT2D eigenvalue weighted by atomic mass is 10.2. The number of carbonyl (C=O) groups is 1. The zero-order valence-corrected chi connectivity index (χ0v) is 18.3. The van der Waals surface area contributed by atoms with Crippen LogP contribution in [0.4, 0.5) is 6.01 Å². The molecule has 0 spiro atoms. The van der Waals surface area contributed by atoms with E-state index in [4.69, 9.17) is 9.15 Å². The van der Waals surface area contributed by atoms with Gasteiger partial charge in [-0.3, -0.25) is 10.1 Å². The fourth-order valence-electron chi connectivity index (χ4n) is 2.78. The number of ether oxygens (including phenoxy) is 1. The molecule has 1 aromatic heterocycles. The highest BCUT2D eigenvalue weighted by Crippen LogP contribution is 2.22. The number of unbranched alkanes of at least 4 members (excludes halogenated alkanes) is 2. The third-order valence-corrected chi connectivity index (χ3v) is 6.37. The topological polar surface area (TPSA) is 111 Å². The lowest BCUT2D eigenvalue weighted by molar-refractivity contribution is 0.102. The van der Waals surface area contributed by atoms with E-state index in [1.165, 1.54) is 12.1 Å². The summed E-state index contributed by atoms with van der Waals surface area (Å²) in [6.45, 7) is 4.37. The molecule has 1 heterocycles. The Hall–Kier alpha value is -3.20. The van der Waals surface area contributed by atoms with Crippen molar-refractivity contribution in [2.75, 3.05) is 17.7 Å². The molecule has 0 aliphatic heterocycles. The maximum atomic E-state index is 12.4. The van der Waals surface area contributed by atoms with Gasteiger partial charge in [0.05, 0.1) is 17.3 Å². The standard InChI is InChI=1S/C22H25N3O5S/c1-3-5-6-15-29-18-11-7-16(8-12-18)20(26)23-22-25-24-21(30-22)17-9-13-19(14-10-17)31(27,28)4-2/h7-14H,3-6,15H2,1-2H3,(H,23,25,26). The second-order valence-corrected chi connectivity index (χ2v) is 9.15. The summed E-state index contributed by atoms with van der Waals surface area (Å²) >= 11 is 0. The molecule has 3 rings (SSSR count). The molecule has 164 valence electrons. The van der Waals surface area contributed by atoms with Gasteiger partial charge < -0.3 is 9.15 Å². The van der Waals surface area contributed by atoms with Gasteiger partial charge >= 0.3 is 6.01 Å². The van der Waals surface area contributed by atoms with E-state index in [1.807, 2.05) is 0 Å². The van der Waals surface area contributed by atoms with Crippen molar-refractivity contribution in [2.45, 2.75) is 38.0 Å². The molecule has 0 saturated carbocycles. The number of rotatable bonds is 10. The molecule has 3 aromatic rings. The van der Waals surface area contributed by atoms with Gasteiger partial charge in [0, 0.05) is 11.1 Å². The zero-order chi connectivity index (χ0) is 22.3. The number of hydrogen-bond acceptors (Lipinski definition) is 7. The molecule has 0 unspecified atom stereocenters. The van der Waals surface area contributed by atoms with Gasteiger partial charge in [-0.2, -0.15) is 0 Å². The van der Waals surface area contributed by atoms with E-state index in [0.717, 1.165) is 19.3 Å². The first-order valence-electron chi connectivity index (χ1n) is 10.1. The van der Waals surface area contributed by atoms with Crippen molar-refractivity contribution < 1.29 is 22.4 Å². The second kappa shape index (κ2) is 10.2. The number of hydrogen-bond donors (Lipinski definition) is 1. The summed E-state index contributed by atoms with van der Waals surface area (Å²) in [6, 6.07) is 12.9. The Morgan fingerprint density at radius 1 is 1.00 bits per heavy atom. The van der Waals surface area contributed by atoms with Gasteiger partial charge in [-0.05, 0) is 55.0 Å². The van der Waals surface area contributed by atoms with Gasteiger partial charge in [0.2, 0.25) is 5.89 Å². The van der Waals surface area contributed by atoms with Crippen LogP contribution in [0.2, 0.25) is 0 Å². The van der Waals surface area contributed by atoms with Crippen LogP contribution >= 0.6 is 0 Å². The van der Waals surface area contributed by atoms with Gasteiger partial charge in [0.25, 0.3) is 5.91 Å². The molecule has 31 heavy (non-hydrogen) atoms. The summed E-state index contributed by atoms with van der Waals surface area (Å²) in [6.07, 6.45) is 3.25. The summed E-state index contributed by atoms with van der Waals surface area (Å²) in [5.74, 6) is 0.514. The molecule has 9 heteroatoms. The van der Waals surface area contributed by atoms with Crippen molar-refractivity contribution in [3.63, 3.8) is 0 Å². The minimum atomic E-state index is -3.28. The summed E-state index contributed by atoms with van der Waals surface area (Å²) in [4.78, 5) is 12.6. The molecule has 1 N–H and O–H groups in total. The molecule has 0 radical (unpaired) electrons. The van der Waals surface area contributed by atoms with E-state index < -0.39 is 15.7 Å². The van der Waals surface area contributed by atoms with Crippen molar-refractivity contribution in [1.82, 2.24) is 10.2 Å². The number of sulfone groups is 1. The van der Waals surface area contributed by atoms with Crippen LogP contribution in [-0.4, -0.2) is 36.9 Å². The smallest absolute Gasteiger partial charge is 0.322 e. The van der Waals surface area contributed by atoms with Gasteiger partial charge in [0.15, 0.2) is 9.84 Å². The van der Waals surface area contributed by atoms with E-state index in [2.05, 4.69) is 22.4 Å². The molecule has 0 aliphatic rings. The van der Waals surface area contributed by atoms with Crippen molar-refractivity contribution >= 4 is 21.8 Å². The number of benzene rings is 2. The first kappa shape index (κ1) is 22.5. The normalized spacial score (nSPS) is 11.3. The van der Waals surface area contributed by atoms with E-state index in [9.17, 15) is 13.2 Å². The van der Waals surface area contributed by atoms with E-state index >= 15 is 0 Å². The van der Waals surface area contributed by atoms with Crippen LogP contribution in [0.25, 0.3) is 11.5 Å². The van der Waals surface area contributed by atoms with Gasteiger partial charge in [-0.1, -0.05) is 31.8 Å². The Bertz CT molecular complexity index is 1110. The van der Waals surface area contributed by atoms with Crippen molar-refractivity contribution in [2.24, 2.45) is 0 Å². The van der Waals surface area contributed by atoms with E-state index in [-0.39, 0.29) is 22.6 Å². The Morgan fingerprint density at radius 2 is 1.71 bits per heavy atom. The third-order valence-electron chi connectivity index (χ3n) is 4.62. The number of anilines is 1. The highest BCUT2D eigenvalue weighted by Gasteiger charge is 2.15. The van der Waals surface area contributed by atoms with Crippen LogP contribution in [-0.2, 0) is 9.84 Å². The number of amides is 1. The summed E-state index contributed by atoms with van der Waals surface area (Å²) in [5.41, 5.74) is 0.974. The van der Waals surface area contributed by atoms with Gasteiger partial charge in [-0.15, -0.1) is 5.10 Å². The maximum Gasteiger partial charge on any atom is 0.322 e. The summed E-state index contributed by atoms with van der Waals surface area (Å²) < 4.78 is 34.9. The van der Waals surface area contributed by atoms with Crippen molar-refractivity contribution in [3.05, 3.63) is 54.1 Å². The van der Waals surface area contributed by atoms with Crippen LogP contribution in [0, 0.1) is 0 Å². The molecule has 0 atom stereocenters. The molecule has 0 fully saturated rings. The van der Waals surface area contributed by atoms with Crippen molar-refractivity contribution in [3.8, 4) is 17.2 Å². The first-order valence-corrected chi connectivity index (χ1v) is 11.8. The summed E-state index contributed by atoms with van der Waals surface area (Å²) in [7, 11) is -3.28. The lowest BCUT2D eigenvalue weighted by Gasteiger charge is -2.06. The summed E-state index contributed by atoms with van der Waals surface area (Å²) in [5, 5.41) is 10.3. The van der Waals surface area contributed by atoms with Crippen LogP contribution in [0.15, 0.2) is 57.8 Å². The minimum absolute atomic E-state index is 0.0229. The first-order chi connectivity index (χ1) is 14.9. The van der Waals surface area contributed by atoms with Crippen LogP contribution in [0.3, 0.4) is 0 Å². The predicted molar refractivity (Wildman–Crippen MR) is 117 cm³/mol. The number of nitrogens with one attached hydrogen (secondary N) is 1. The average Bonchev–Trinajstić information content (AvgIpc) is 3.25. The molecule has 0 bridgehead atoms. The van der Waals surface area contributed by atoms with Crippen LogP contribution in [0.5, 0.6) is 5.75 Å². The van der Waals surface area contributed by atoms with Crippen LogP contribution < -0.4 is 10.1 Å². The van der Waals surface area contributed by atoms with Gasteiger partial charge in [0.1, 0.15) is 5.75 Å². The molecule has 1 amide bonds. The third kappa shape index (κ3) is 5.91. The Balaban J connectivity index is 1.61. The predicted octanol–water partition coefficient (Wildman–Crippen LogP) is 4.35. The van der Waals surface area contributed by atoms with E-state index in [0.29, 0.717) is 23.5 Å².